The van der Waals surface area contributed by atoms with E-state index < -0.39 is 9.84 Å². The monoisotopic (exact) mass is 481 g/mol. The summed E-state index contributed by atoms with van der Waals surface area (Å²) in [6.45, 7) is 5.05. The predicted octanol–water partition coefficient (Wildman–Crippen LogP) is 3.46. The minimum Gasteiger partial charge on any atom is -0.302 e. The second kappa shape index (κ2) is 9.39. The van der Waals surface area contributed by atoms with Gasteiger partial charge in [0.2, 0.25) is 5.91 Å². The molecule has 1 aliphatic heterocycles. The summed E-state index contributed by atoms with van der Waals surface area (Å²) in [4.78, 5) is 25.1. The molecule has 0 saturated carbocycles. The molecule has 0 radical (unpaired) electrons. The normalized spacial score (nSPS) is 15.7. The second-order valence-electron chi connectivity index (χ2n) is 7.83. The van der Waals surface area contributed by atoms with E-state index in [1.54, 1.807) is 43.5 Å². The molecule has 0 fully saturated rings. The molecule has 1 amide bonds. The zero-order valence-electron chi connectivity index (χ0n) is 18.3. The van der Waals surface area contributed by atoms with Gasteiger partial charge >= 0.3 is 0 Å². The Hall–Kier alpha value is -3.13. The van der Waals surface area contributed by atoms with Crippen molar-refractivity contribution in [1.29, 1.82) is 5.26 Å². The molecule has 0 spiro atoms. The van der Waals surface area contributed by atoms with Gasteiger partial charge in [-0.3, -0.25) is 14.7 Å². The lowest BCUT2D eigenvalue weighted by Gasteiger charge is -2.20. The first kappa shape index (κ1) is 23.0. The highest BCUT2D eigenvalue weighted by Gasteiger charge is 2.31. The van der Waals surface area contributed by atoms with Crippen molar-refractivity contribution in [3.05, 3.63) is 70.0 Å². The summed E-state index contributed by atoms with van der Waals surface area (Å²) in [5.74, 6) is -0.152. The first-order chi connectivity index (χ1) is 15.8. The lowest BCUT2D eigenvalue weighted by molar-refractivity contribution is -0.115. The topological polar surface area (TPSA) is 116 Å². The van der Waals surface area contributed by atoms with Crippen LogP contribution in [0.15, 0.2) is 47.5 Å². The lowest BCUT2D eigenvalue weighted by atomic mass is 10.1. The SMILES string of the molecule is CCS(=O)(=O)c1ccc(CC(=O)Nc2nc3c(s2)CN(Cc2ccc(C#N)cn2)C3C)cc1. The Morgan fingerprint density at radius 1 is 1.27 bits per heavy atom. The number of thiazole rings is 1. The van der Waals surface area contributed by atoms with Gasteiger partial charge in [-0.15, -0.1) is 11.3 Å². The third kappa shape index (κ3) is 5.11. The Morgan fingerprint density at radius 3 is 2.64 bits per heavy atom. The summed E-state index contributed by atoms with van der Waals surface area (Å²) in [7, 11) is -3.25. The highest BCUT2D eigenvalue weighted by Crippen LogP contribution is 2.39. The maximum atomic E-state index is 12.5. The van der Waals surface area contributed by atoms with Gasteiger partial charge in [0.15, 0.2) is 15.0 Å². The van der Waals surface area contributed by atoms with E-state index in [1.165, 1.54) is 11.3 Å². The number of fused-ring (bicyclic) bond motifs is 1. The molecule has 170 valence electrons. The number of carbonyl (C=O) groups is 1. The van der Waals surface area contributed by atoms with Crippen molar-refractivity contribution in [3.8, 4) is 6.07 Å². The molecular formula is C23H23N5O3S2. The van der Waals surface area contributed by atoms with Crippen LogP contribution in [0, 0.1) is 11.3 Å². The summed E-state index contributed by atoms with van der Waals surface area (Å²) < 4.78 is 23.8. The molecule has 0 bridgehead atoms. The van der Waals surface area contributed by atoms with Crippen molar-refractivity contribution in [3.63, 3.8) is 0 Å². The maximum Gasteiger partial charge on any atom is 0.230 e. The number of nitrogens with one attached hydrogen (secondary N) is 1. The quantitative estimate of drug-likeness (QED) is 0.549. The van der Waals surface area contributed by atoms with Crippen molar-refractivity contribution < 1.29 is 13.2 Å². The van der Waals surface area contributed by atoms with Crippen LogP contribution < -0.4 is 5.32 Å². The standard InChI is InChI=1S/C23H23N5O3S2/c1-3-33(30,31)19-8-5-16(6-9-19)10-21(29)26-23-27-22-15(2)28(14-20(22)32-23)13-18-7-4-17(11-24)12-25-18/h4-9,12,15H,3,10,13-14H2,1-2H3,(H,26,27,29). The molecule has 0 saturated heterocycles. The number of aromatic nitrogens is 2. The number of carbonyl (C=O) groups excluding carboxylic acids is 1. The fourth-order valence-electron chi connectivity index (χ4n) is 3.67. The van der Waals surface area contributed by atoms with Crippen LogP contribution in [-0.4, -0.2) is 34.9 Å². The number of benzene rings is 1. The Kier molecular flexibility index (Phi) is 6.56. The van der Waals surface area contributed by atoms with Gasteiger partial charge in [0.05, 0.1) is 40.1 Å². The van der Waals surface area contributed by atoms with Crippen LogP contribution in [0.3, 0.4) is 0 Å². The molecule has 2 aromatic heterocycles. The van der Waals surface area contributed by atoms with Gasteiger partial charge < -0.3 is 5.32 Å². The smallest absolute Gasteiger partial charge is 0.230 e. The number of rotatable bonds is 7. The Labute approximate surface area is 196 Å². The lowest BCUT2D eigenvalue weighted by Crippen LogP contribution is -2.21. The summed E-state index contributed by atoms with van der Waals surface area (Å²) >= 11 is 1.47. The van der Waals surface area contributed by atoms with Crippen molar-refractivity contribution in [1.82, 2.24) is 14.9 Å². The van der Waals surface area contributed by atoms with Gasteiger partial charge in [-0.25, -0.2) is 13.4 Å². The fraction of sp³-hybridized carbons (Fsp3) is 0.304. The van der Waals surface area contributed by atoms with E-state index in [4.69, 9.17) is 5.26 Å². The number of nitriles is 1. The van der Waals surface area contributed by atoms with E-state index in [0.717, 1.165) is 28.4 Å². The van der Waals surface area contributed by atoms with Crippen LogP contribution >= 0.6 is 11.3 Å². The van der Waals surface area contributed by atoms with Crippen molar-refractivity contribution >= 4 is 32.2 Å². The molecule has 1 unspecified atom stereocenters. The summed E-state index contributed by atoms with van der Waals surface area (Å²) in [6, 6.07) is 12.2. The molecular weight excluding hydrogens is 458 g/mol. The number of sulfone groups is 1. The number of anilines is 1. The van der Waals surface area contributed by atoms with Crippen LogP contribution in [-0.2, 0) is 34.1 Å². The fourth-order valence-corrected chi connectivity index (χ4v) is 5.64. The zero-order valence-corrected chi connectivity index (χ0v) is 19.9. The molecule has 33 heavy (non-hydrogen) atoms. The third-order valence-corrected chi connectivity index (χ3v) is 8.33. The Morgan fingerprint density at radius 2 is 2.03 bits per heavy atom. The van der Waals surface area contributed by atoms with Crippen molar-refractivity contribution in [2.75, 3.05) is 11.1 Å². The third-order valence-electron chi connectivity index (χ3n) is 5.61. The molecule has 4 rings (SSSR count). The molecule has 8 nitrogen and oxygen atoms in total. The summed E-state index contributed by atoms with van der Waals surface area (Å²) in [6.07, 6.45) is 1.72. The van der Waals surface area contributed by atoms with Gasteiger partial charge in [-0.05, 0) is 36.8 Å². The van der Waals surface area contributed by atoms with E-state index in [2.05, 4.69) is 33.2 Å². The van der Waals surface area contributed by atoms with Gasteiger partial charge in [0.25, 0.3) is 0 Å². The first-order valence-electron chi connectivity index (χ1n) is 10.5. The number of amides is 1. The van der Waals surface area contributed by atoms with Crippen LogP contribution in [0.2, 0.25) is 0 Å². The van der Waals surface area contributed by atoms with Crippen LogP contribution in [0.25, 0.3) is 0 Å². The van der Waals surface area contributed by atoms with Crippen molar-refractivity contribution in [2.45, 2.75) is 44.3 Å². The highest BCUT2D eigenvalue weighted by molar-refractivity contribution is 7.91. The average molecular weight is 482 g/mol. The highest BCUT2D eigenvalue weighted by atomic mass is 32.2. The minimum atomic E-state index is -3.25. The van der Waals surface area contributed by atoms with Gasteiger partial charge in [0, 0.05) is 24.2 Å². The largest absolute Gasteiger partial charge is 0.302 e. The molecule has 3 aromatic rings. The van der Waals surface area contributed by atoms with Gasteiger partial charge in [0.1, 0.15) is 6.07 Å². The maximum absolute atomic E-state index is 12.5. The van der Waals surface area contributed by atoms with Crippen molar-refractivity contribution in [2.24, 2.45) is 0 Å². The molecule has 0 aliphatic carbocycles. The number of hydrogen-bond donors (Lipinski definition) is 1. The average Bonchev–Trinajstić information content (AvgIpc) is 3.32. The Balaban J connectivity index is 1.35. The van der Waals surface area contributed by atoms with Crippen LogP contribution in [0.1, 0.15) is 47.3 Å². The zero-order chi connectivity index (χ0) is 23.6. The Bertz CT molecular complexity index is 1310. The number of pyridine rings is 1. The molecule has 1 aromatic carbocycles. The van der Waals surface area contributed by atoms with E-state index in [9.17, 15) is 13.2 Å². The molecule has 10 heteroatoms. The van der Waals surface area contributed by atoms with E-state index >= 15 is 0 Å². The van der Waals surface area contributed by atoms with Gasteiger partial charge in [-0.2, -0.15) is 5.26 Å². The molecule has 1 atom stereocenters. The summed E-state index contributed by atoms with van der Waals surface area (Å²) in [5.41, 5.74) is 3.12. The van der Waals surface area contributed by atoms with Crippen LogP contribution in [0.5, 0.6) is 0 Å². The molecule has 1 aliphatic rings. The molecule has 1 N–H and O–H groups in total. The molecule has 3 heterocycles. The van der Waals surface area contributed by atoms with E-state index in [-0.39, 0.29) is 29.0 Å². The second-order valence-corrected chi connectivity index (χ2v) is 11.2. The first-order valence-corrected chi connectivity index (χ1v) is 13.0. The minimum absolute atomic E-state index is 0.0430. The van der Waals surface area contributed by atoms with E-state index in [1.807, 2.05) is 6.07 Å². The predicted molar refractivity (Wildman–Crippen MR) is 125 cm³/mol. The van der Waals surface area contributed by atoms with Crippen LogP contribution in [0.4, 0.5) is 5.13 Å². The number of hydrogen-bond acceptors (Lipinski definition) is 8. The summed E-state index contributed by atoms with van der Waals surface area (Å²) in [5, 5.41) is 12.3. The van der Waals surface area contributed by atoms with Gasteiger partial charge in [-0.1, -0.05) is 19.1 Å². The van der Waals surface area contributed by atoms with E-state index in [0.29, 0.717) is 17.2 Å². The number of nitrogens with zero attached hydrogens (tertiary/aromatic N) is 4.